The Morgan fingerprint density at radius 1 is 0.958 bits per heavy atom. The van der Waals surface area contributed by atoms with Crippen LogP contribution in [0.15, 0.2) is 48.5 Å². The number of carbonyl (C=O) groups excluding carboxylic acids is 2. The van der Waals surface area contributed by atoms with E-state index in [9.17, 15) is 9.59 Å². The molecule has 2 rings (SSSR count). The number of nitrogens with one attached hydrogen (secondary N) is 1. The molecule has 0 aliphatic rings. The van der Waals surface area contributed by atoms with Gasteiger partial charge < -0.3 is 10.1 Å². The van der Waals surface area contributed by atoms with Crippen molar-refractivity contribution >= 4 is 35.1 Å². The summed E-state index contributed by atoms with van der Waals surface area (Å²) in [6.07, 6.45) is -0.522. The van der Waals surface area contributed by atoms with Gasteiger partial charge in [-0.25, -0.2) is 4.79 Å². The summed E-state index contributed by atoms with van der Waals surface area (Å²) in [5.41, 5.74) is 1.01. The van der Waals surface area contributed by atoms with Gasteiger partial charge in [-0.1, -0.05) is 53.5 Å². The van der Waals surface area contributed by atoms with Crippen LogP contribution in [-0.2, 0) is 9.53 Å². The van der Waals surface area contributed by atoms with Crippen molar-refractivity contribution < 1.29 is 14.3 Å². The lowest BCUT2D eigenvalue weighted by atomic mass is 10.1. The first-order valence-electron chi connectivity index (χ1n) is 7.40. The van der Waals surface area contributed by atoms with Crippen molar-refractivity contribution in [2.45, 2.75) is 26.0 Å². The number of amides is 1. The molecular weight excluding hydrogens is 349 g/mol. The van der Waals surface area contributed by atoms with Crippen LogP contribution >= 0.6 is 23.2 Å². The smallest absolute Gasteiger partial charge is 0.328 e. The Balaban J connectivity index is 1.99. The normalized spacial score (nSPS) is 13.0. The van der Waals surface area contributed by atoms with E-state index in [1.54, 1.807) is 56.3 Å². The van der Waals surface area contributed by atoms with Gasteiger partial charge in [0.2, 0.25) is 0 Å². The molecule has 0 spiro atoms. The van der Waals surface area contributed by atoms with Gasteiger partial charge in [0.25, 0.3) is 5.91 Å². The molecule has 0 heterocycles. The Morgan fingerprint density at radius 3 is 2.17 bits per heavy atom. The van der Waals surface area contributed by atoms with E-state index in [4.69, 9.17) is 27.9 Å². The lowest BCUT2D eigenvalue weighted by molar-refractivity contribution is -0.150. The number of hydrogen-bond donors (Lipinski definition) is 1. The molecule has 2 aromatic rings. The summed E-state index contributed by atoms with van der Waals surface area (Å²) in [6, 6.07) is 12.9. The van der Waals surface area contributed by atoms with Gasteiger partial charge in [0.1, 0.15) is 12.1 Å². The van der Waals surface area contributed by atoms with E-state index in [0.717, 1.165) is 0 Å². The average molecular weight is 366 g/mol. The number of ether oxygens (including phenoxy) is 1. The van der Waals surface area contributed by atoms with Crippen molar-refractivity contribution in [1.82, 2.24) is 5.32 Å². The zero-order valence-electron chi connectivity index (χ0n) is 13.3. The molecule has 24 heavy (non-hydrogen) atoms. The van der Waals surface area contributed by atoms with Crippen molar-refractivity contribution in [3.8, 4) is 0 Å². The molecule has 0 aliphatic heterocycles. The summed E-state index contributed by atoms with van der Waals surface area (Å²) in [5.74, 6) is -0.988. The van der Waals surface area contributed by atoms with E-state index in [0.29, 0.717) is 21.2 Å². The summed E-state index contributed by atoms with van der Waals surface area (Å²) in [6.45, 7) is 3.28. The first-order chi connectivity index (χ1) is 11.4. The maximum atomic E-state index is 12.2. The second kappa shape index (κ2) is 8.18. The van der Waals surface area contributed by atoms with Gasteiger partial charge in [0.05, 0.1) is 10.6 Å². The first-order valence-corrected chi connectivity index (χ1v) is 8.16. The van der Waals surface area contributed by atoms with Crippen LogP contribution in [0.5, 0.6) is 0 Å². The molecule has 0 fully saturated rings. The second-order valence-electron chi connectivity index (χ2n) is 5.28. The van der Waals surface area contributed by atoms with Crippen LogP contribution in [0.3, 0.4) is 0 Å². The average Bonchev–Trinajstić information content (AvgIpc) is 2.55. The highest BCUT2D eigenvalue weighted by Gasteiger charge is 2.22. The number of esters is 1. The van der Waals surface area contributed by atoms with Crippen LogP contribution in [0.1, 0.15) is 35.9 Å². The highest BCUT2D eigenvalue weighted by Crippen LogP contribution is 2.25. The van der Waals surface area contributed by atoms with Gasteiger partial charge in [-0.2, -0.15) is 0 Å². The van der Waals surface area contributed by atoms with Gasteiger partial charge >= 0.3 is 5.97 Å². The molecule has 6 heteroatoms. The van der Waals surface area contributed by atoms with Crippen LogP contribution < -0.4 is 5.32 Å². The molecule has 0 unspecified atom stereocenters. The Hall–Kier alpha value is -2.04. The molecule has 2 atom stereocenters. The van der Waals surface area contributed by atoms with Gasteiger partial charge in [-0.05, 0) is 32.0 Å². The summed E-state index contributed by atoms with van der Waals surface area (Å²) >= 11 is 12.1. The van der Waals surface area contributed by atoms with Gasteiger partial charge in [-0.15, -0.1) is 0 Å². The second-order valence-corrected chi connectivity index (χ2v) is 6.09. The van der Waals surface area contributed by atoms with E-state index in [1.807, 2.05) is 6.07 Å². The maximum Gasteiger partial charge on any atom is 0.328 e. The molecule has 0 aliphatic carbocycles. The summed E-state index contributed by atoms with van der Waals surface area (Å²) in [7, 11) is 0. The minimum Gasteiger partial charge on any atom is -0.456 e. The lowest BCUT2D eigenvalue weighted by Crippen LogP contribution is -2.40. The van der Waals surface area contributed by atoms with Crippen LogP contribution in [-0.4, -0.2) is 17.9 Å². The first kappa shape index (κ1) is 18.3. The molecule has 0 aromatic heterocycles. The topological polar surface area (TPSA) is 55.4 Å². The number of carbonyl (C=O) groups is 2. The molecular formula is C18H17Cl2NO3. The van der Waals surface area contributed by atoms with E-state index in [1.165, 1.54) is 0 Å². The zero-order valence-corrected chi connectivity index (χ0v) is 14.8. The Bertz CT molecular complexity index is 749. The van der Waals surface area contributed by atoms with E-state index in [2.05, 4.69) is 5.32 Å². The fraction of sp³-hybridized carbons (Fsp3) is 0.222. The zero-order chi connectivity index (χ0) is 17.7. The van der Waals surface area contributed by atoms with Gasteiger partial charge in [0, 0.05) is 10.6 Å². The molecule has 0 saturated carbocycles. The third-order valence-corrected chi connectivity index (χ3v) is 4.13. The van der Waals surface area contributed by atoms with Crippen molar-refractivity contribution in [2.24, 2.45) is 0 Å². The molecule has 0 saturated heterocycles. The van der Waals surface area contributed by atoms with Crippen LogP contribution in [0.25, 0.3) is 0 Å². The minimum atomic E-state index is -0.821. The van der Waals surface area contributed by atoms with Crippen LogP contribution in [0, 0.1) is 0 Å². The minimum absolute atomic E-state index is 0.304. The summed E-state index contributed by atoms with van der Waals surface area (Å²) in [5, 5.41) is 3.42. The summed E-state index contributed by atoms with van der Waals surface area (Å²) < 4.78 is 5.37. The fourth-order valence-corrected chi connectivity index (χ4v) is 2.63. The molecule has 0 radical (unpaired) electrons. The Morgan fingerprint density at radius 2 is 1.54 bits per heavy atom. The fourth-order valence-electron chi connectivity index (χ4n) is 2.12. The van der Waals surface area contributed by atoms with Crippen LogP contribution in [0.2, 0.25) is 10.0 Å². The number of benzene rings is 2. The van der Waals surface area contributed by atoms with Crippen molar-refractivity contribution in [2.75, 3.05) is 0 Å². The quantitative estimate of drug-likeness (QED) is 0.798. The number of rotatable bonds is 5. The highest BCUT2D eigenvalue weighted by molar-refractivity contribution is 6.33. The molecule has 126 valence electrons. The van der Waals surface area contributed by atoms with Gasteiger partial charge in [0.15, 0.2) is 0 Å². The van der Waals surface area contributed by atoms with Crippen molar-refractivity contribution in [1.29, 1.82) is 0 Å². The van der Waals surface area contributed by atoms with Crippen molar-refractivity contribution in [3.05, 3.63) is 69.7 Å². The van der Waals surface area contributed by atoms with E-state index in [-0.39, 0.29) is 0 Å². The third kappa shape index (κ3) is 4.49. The number of hydrogen-bond acceptors (Lipinski definition) is 3. The predicted octanol–water partition coefficient (Wildman–Crippen LogP) is 4.42. The van der Waals surface area contributed by atoms with Crippen LogP contribution in [0.4, 0.5) is 0 Å². The third-order valence-electron chi connectivity index (χ3n) is 3.46. The number of halogens is 2. The van der Waals surface area contributed by atoms with E-state index >= 15 is 0 Å². The SMILES string of the molecule is C[C@H](NC(=O)c1ccccc1Cl)C(=O)O[C@@H](C)c1ccccc1Cl. The molecule has 0 bridgehead atoms. The molecule has 4 nitrogen and oxygen atoms in total. The molecule has 2 aromatic carbocycles. The van der Waals surface area contributed by atoms with Crippen molar-refractivity contribution in [3.63, 3.8) is 0 Å². The largest absolute Gasteiger partial charge is 0.456 e. The Labute approximate surface area is 150 Å². The monoisotopic (exact) mass is 365 g/mol. The highest BCUT2D eigenvalue weighted by atomic mass is 35.5. The predicted molar refractivity (Wildman–Crippen MR) is 94.3 cm³/mol. The van der Waals surface area contributed by atoms with E-state index < -0.39 is 24.0 Å². The molecule has 1 amide bonds. The molecule has 1 N–H and O–H groups in total. The maximum absolute atomic E-state index is 12.2. The standard InChI is InChI=1S/C18H17Cl2NO3/c1-11(21-17(22)14-8-4-6-10-16(14)20)18(23)24-12(2)13-7-3-5-9-15(13)19/h3-12H,1-2H3,(H,21,22)/t11-,12-/m0/s1. The lowest BCUT2D eigenvalue weighted by Gasteiger charge is -2.19. The van der Waals surface area contributed by atoms with Gasteiger partial charge in [-0.3, -0.25) is 4.79 Å². The Kier molecular flexibility index (Phi) is 6.23. The summed E-state index contributed by atoms with van der Waals surface area (Å²) in [4.78, 5) is 24.3.